The molecule has 1 N–H and O–H groups in total. The minimum absolute atomic E-state index is 0.0240. The van der Waals surface area contributed by atoms with Crippen molar-refractivity contribution in [1.29, 1.82) is 0 Å². The van der Waals surface area contributed by atoms with Crippen LogP contribution >= 0.6 is 27.5 Å². The number of halogens is 2. The van der Waals surface area contributed by atoms with E-state index in [1.54, 1.807) is 12.1 Å². The van der Waals surface area contributed by atoms with Crippen LogP contribution in [0.2, 0.25) is 5.02 Å². The molecule has 0 bridgehead atoms. The molecule has 0 saturated carbocycles. The summed E-state index contributed by atoms with van der Waals surface area (Å²) >= 11 is 9.21. The Hall–Kier alpha value is -1.07. The van der Waals surface area contributed by atoms with Gasteiger partial charge >= 0.3 is 5.97 Å². The van der Waals surface area contributed by atoms with E-state index in [0.717, 1.165) is 0 Å². The number of hydrogen-bond acceptors (Lipinski definition) is 2. The second-order valence-electron chi connectivity index (χ2n) is 3.74. The van der Waals surface area contributed by atoms with E-state index in [4.69, 9.17) is 16.7 Å². The Morgan fingerprint density at radius 3 is 2.76 bits per heavy atom. The molecule has 1 aromatic carbocycles. The van der Waals surface area contributed by atoms with Crippen LogP contribution in [0, 0.1) is 0 Å². The standard InChI is InChI=1S/C11H9BrClNO3/c12-6-4-9(15)14(5-6)8-3-1-2-7(13)10(8)11(16)17/h1-3,6H,4-5H2,(H,16,17). The molecule has 1 aliphatic rings. The largest absolute Gasteiger partial charge is 0.478 e. The van der Waals surface area contributed by atoms with Gasteiger partial charge in [0.05, 0.1) is 10.7 Å². The number of alkyl halides is 1. The maximum atomic E-state index is 11.7. The first kappa shape index (κ1) is 12.4. The van der Waals surface area contributed by atoms with E-state index in [1.807, 2.05) is 0 Å². The van der Waals surface area contributed by atoms with Gasteiger partial charge in [-0.05, 0) is 12.1 Å². The van der Waals surface area contributed by atoms with Gasteiger partial charge < -0.3 is 10.0 Å². The molecule has 1 aromatic rings. The Kier molecular flexibility index (Phi) is 3.40. The van der Waals surface area contributed by atoms with Crippen LogP contribution in [0.4, 0.5) is 5.69 Å². The van der Waals surface area contributed by atoms with Gasteiger partial charge in [-0.25, -0.2) is 4.79 Å². The van der Waals surface area contributed by atoms with Crippen LogP contribution in [0.1, 0.15) is 16.8 Å². The predicted molar refractivity (Wildman–Crippen MR) is 68.1 cm³/mol. The summed E-state index contributed by atoms with van der Waals surface area (Å²) in [6.45, 7) is 0.458. The van der Waals surface area contributed by atoms with Crippen molar-refractivity contribution in [2.24, 2.45) is 0 Å². The number of carboxylic acid groups (broad SMARTS) is 1. The average molecular weight is 319 g/mol. The summed E-state index contributed by atoms with van der Waals surface area (Å²) in [4.78, 5) is 24.4. The molecule has 4 nitrogen and oxygen atoms in total. The normalized spacial score (nSPS) is 19.8. The predicted octanol–water partition coefficient (Wildman–Crippen LogP) is 2.54. The third kappa shape index (κ3) is 2.30. The van der Waals surface area contributed by atoms with Crippen molar-refractivity contribution in [3.63, 3.8) is 0 Å². The first-order chi connectivity index (χ1) is 8.00. The van der Waals surface area contributed by atoms with E-state index in [0.29, 0.717) is 18.7 Å². The molecule has 1 unspecified atom stereocenters. The number of benzene rings is 1. The molecular weight excluding hydrogens is 309 g/mol. The zero-order chi connectivity index (χ0) is 12.6. The molecule has 1 atom stereocenters. The van der Waals surface area contributed by atoms with Crippen LogP contribution in [-0.2, 0) is 4.79 Å². The first-order valence-electron chi connectivity index (χ1n) is 4.97. The molecule has 0 spiro atoms. The quantitative estimate of drug-likeness (QED) is 0.853. The highest BCUT2D eigenvalue weighted by Crippen LogP contribution is 2.31. The summed E-state index contributed by atoms with van der Waals surface area (Å²) in [5.41, 5.74) is 0.334. The molecule has 0 radical (unpaired) electrons. The molecular formula is C11H9BrClNO3. The molecule has 1 amide bonds. The van der Waals surface area contributed by atoms with Gasteiger partial charge in [0.25, 0.3) is 0 Å². The van der Waals surface area contributed by atoms with Gasteiger partial charge in [0, 0.05) is 17.8 Å². The monoisotopic (exact) mass is 317 g/mol. The fourth-order valence-corrected chi connectivity index (χ4v) is 2.66. The summed E-state index contributed by atoms with van der Waals surface area (Å²) in [6.07, 6.45) is 0.367. The lowest BCUT2D eigenvalue weighted by Gasteiger charge is -2.18. The van der Waals surface area contributed by atoms with Crippen LogP contribution in [0.5, 0.6) is 0 Å². The Morgan fingerprint density at radius 2 is 2.24 bits per heavy atom. The zero-order valence-electron chi connectivity index (χ0n) is 8.69. The van der Waals surface area contributed by atoms with Crippen molar-refractivity contribution in [2.45, 2.75) is 11.2 Å². The lowest BCUT2D eigenvalue weighted by molar-refractivity contribution is -0.117. The Balaban J connectivity index is 2.49. The van der Waals surface area contributed by atoms with Gasteiger partial charge in [-0.1, -0.05) is 33.6 Å². The van der Waals surface area contributed by atoms with Crippen LogP contribution in [0.15, 0.2) is 18.2 Å². The van der Waals surface area contributed by atoms with Crippen molar-refractivity contribution in [3.05, 3.63) is 28.8 Å². The number of aromatic carboxylic acids is 1. The van der Waals surface area contributed by atoms with Crippen molar-refractivity contribution in [2.75, 3.05) is 11.4 Å². The molecule has 17 heavy (non-hydrogen) atoms. The molecule has 1 heterocycles. The van der Waals surface area contributed by atoms with Gasteiger partial charge in [-0.2, -0.15) is 0 Å². The van der Waals surface area contributed by atoms with E-state index in [2.05, 4.69) is 15.9 Å². The summed E-state index contributed by atoms with van der Waals surface area (Å²) in [6, 6.07) is 4.73. The van der Waals surface area contributed by atoms with E-state index in [-0.39, 0.29) is 21.3 Å². The summed E-state index contributed by atoms with van der Waals surface area (Å²) < 4.78 is 0. The second-order valence-corrected chi connectivity index (χ2v) is 5.45. The van der Waals surface area contributed by atoms with Gasteiger partial charge in [0.15, 0.2) is 0 Å². The molecule has 1 saturated heterocycles. The van der Waals surface area contributed by atoms with E-state index < -0.39 is 5.97 Å². The van der Waals surface area contributed by atoms with Gasteiger partial charge in [0.2, 0.25) is 5.91 Å². The topological polar surface area (TPSA) is 57.6 Å². The van der Waals surface area contributed by atoms with Gasteiger partial charge in [-0.15, -0.1) is 0 Å². The number of rotatable bonds is 2. The average Bonchev–Trinajstić information content (AvgIpc) is 2.56. The number of carbonyl (C=O) groups excluding carboxylic acids is 1. The Bertz CT molecular complexity index is 492. The second kappa shape index (κ2) is 4.66. The van der Waals surface area contributed by atoms with E-state index >= 15 is 0 Å². The van der Waals surface area contributed by atoms with Crippen LogP contribution in [0.3, 0.4) is 0 Å². The number of amides is 1. The maximum absolute atomic E-state index is 11.7. The minimum Gasteiger partial charge on any atom is -0.478 e. The van der Waals surface area contributed by atoms with Crippen molar-refractivity contribution >= 4 is 45.1 Å². The summed E-state index contributed by atoms with van der Waals surface area (Å²) in [5.74, 6) is -1.23. The fourth-order valence-electron chi connectivity index (χ4n) is 1.85. The minimum atomic E-state index is -1.13. The first-order valence-corrected chi connectivity index (χ1v) is 6.26. The van der Waals surface area contributed by atoms with Crippen molar-refractivity contribution in [1.82, 2.24) is 0 Å². The lowest BCUT2D eigenvalue weighted by Crippen LogP contribution is -2.26. The lowest BCUT2D eigenvalue weighted by atomic mass is 10.1. The third-order valence-corrected chi connectivity index (χ3v) is 3.50. The van der Waals surface area contributed by atoms with E-state index in [1.165, 1.54) is 11.0 Å². The molecule has 90 valence electrons. The number of carbonyl (C=O) groups is 2. The van der Waals surface area contributed by atoms with Crippen molar-refractivity contribution < 1.29 is 14.7 Å². The number of anilines is 1. The zero-order valence-corrected chi connectivity index (χ0v) is 11.0. The van der Waals surface area contributed by atoms with Crippen LogP contribution in [-0.4, -0.2) is 28.4 Å². The highest BCUT2D eigenvalue weighted by molar-refractivity contribution is 9.09. The van der Waals surface area contributed by atoms with Gasteiger partial charge in [-0.3, -0.25) is 4.79 Å². The summed E-state index contributed by atoms with van der Waals surface area (Å²) in [7, 11) is 0. The van der Waals surface area contributed by atoms with Crippen molar-refractivity contribution in [3.8, 4) is 0 Å². The Labute approximate surface area is 111 Å². The highest BCUT2D eigenvalue weighted by atomic mass is 79.9. The molecule has 0 aromatic heterocycles. The molecule has 1 aliphatic heterocycles. The Morgan fingerprint density at radius 1 is 1.53 bits per heavy atom. The number of hydrogen-bond donors (Lipinski definition) is 1. The third-order valence-electron chi connectivity index (χ3n) is 2.57. The molecule has 1 fully saturated rings. The fraction of sp³-hybridized carbons (Fsp3) is 0.273. The number of carboxylic acids is 1. The van der Waals surface area contributed by atoms with E-state index in [9.17, 15) is 9.59 Å². The highest BCUT2D eigenvalue weighted by Gasteiger charge is 2.31. The van der Waals surface area contributed by atoms with Crippen LogP contribution in [0.25, 0.3) is 0 Å². The smallest absolute Gasteiger partial charge is 0.339 e. The SMILES string of the molecule is O=C(O)c1c(Cl)cccc1N1CC(Br)CC1=O. The number of nitrogens with zero attached hydrogens (tertiary/aromatic N) is 1. The van der Waals surface area contributed by atoms with Gasteiger partial charge in [0.1, 0.15) is 5.56 Å². The summed E-state index contributed by atoms with van der Waals surface area (Å²) in [5, 5.41) is 9.26. The molecule has 0 aliphatic carbocycles. The molecule has 2 rings (SSSR count). The van der Waals surface area contributed by atoms with Crippen LogP contribution < -0.4 is 4.90 Å². The maximum Gasteiger partial charge on any atom is 0.339 e. The molecule has 6 heteroatoms.